The van der Waals surface area contributed by atoms with Crippen LogP contribution in [-0.4, -0.2) is 23.0 Å². The van der Waals surface area contributed by atoms with E-state index in [1.807, 2.05) is 0 Å². The quantitative estimate of drug-likeness (QED) is 0.363. The molecule has 1 rings (SSSR count). The van der Waals surface area contributed by atoms with Crippen LogP contribution in [0, 0.1) is 10.1 Å². The minimum atomic E-state index is -3.18. The Balaban J connectivity index is 3.61. The van der Waals surface area contributed by atoms with Gasteiger partial charge in [0.1, 0.15) is 11.3 Å². The Morgan fingerprint density at radius 2 is 2.24 bits per heavy atom. The van der Waals surface area contributed by atoms with Gasteiger partial charge in [0.15, 0.2) is 5.56 Å². The molecule has 0 spiro atoms. The van der Waals surface area contributed by atoms with Gasteiger partial charge in [-0.2, -0.15) is 0 Å². The zero-order valence-corrected chi connectivity index (χ0v) is 9.07. The van der Waals surface area contributed by atoms with Crippen LogP contribution in [0.4, 0.5) is 14.5 Å². The molecule has 1 heterocycles. The molecule has 1 aromatic heterocycles. The predicted octanol–water partition coefficient (Wildman–Crippen LogP) is 2.37. The van der Waals surface area contributed by atoms with Gasteiger partial charge in [-0.15, -0.1) is 0 Å². The largest absolute Gasteiger partial charge is 0.465 e. The van der Waals surface area contributed by atoms with E-state index in [0.29, 0.717) is 6.20 Å². The number of ether oxygens (including phenoxy) is 1. The smallest absolute Gasteiger partial charge is 0.345 e. The molecular formula is C8H5ClF2N2O4. The third kappa shape index (κ3) is 2.47. The standard InChI is InChI=1S/C8H5ClF2N2O4/c1-17-8(14)4-3(13(15)16)2-12-6(9)5(4)7(10)11/h2,7H,1H3. The molecule has 1 aromatic rings. The summed E-state index contributed by atoms with van der Waals surface area (Å²) >= 11 is 5.38. The molecule has 9 heteroatoms. The summed E-state index contributed by atoms with van der Waals surface area (Å²) in [7, 11) is 0.912. The molecule has 0 aliphatic heterocycles. The molecule has 0 amide bonds. The summed E-state index contributed by atoms with van der Waals surface area (Å²) in [5.41, 5.74) is -2.77. The number of carbonyl (C=O) groups is 1. The molecule has 0 bridgehead atoms. The van der Waals surface area contributed by atoms with Gasteiger partial charge in [-0.05, 0) is 0 Å². The second-order valence-electron chi connectivity index (χ2n) is 2.77. The molecule has 0 aliphatic carbocycles. The molecule has 92 valence electrons. The monoisotopic (exact) mass is 266 g/mol. The summed E-state index contributed by atoms with van der Waals surface area (Å²) in [6.45, 7) is 0. The number of carbonyl (C=O) groups excluding carboxylic acids is 1. The van der Waals surface area contributed by atoms with Gasteiger partial charge < -0.3 is 4.74 Å². The molecule has 0 fully saturated rings. The average molecular weight is 267 g/mol. The van der Waals surface area contributed by atoms with E-state index >= 15 is 0 Å². The highest BCUT2D eigenvalue weighted by molar-refractivity contribution is 6.30. The Kier molecular flexibility index (Phi) is 3.89. The summed E-state index contributed by atoms with van der Waals surface area (Å²) in [5.74, 6) is -1.27. The van der Waals surface area contributed by atoms with Gasteiger partial charge >= 0.3 is 11.7 Å². The van der Waals surface area contributed by atoms with Gasteiger partial charge in [0.2, 0.25) is 0 Å². The van der Waals surface area contributed by atoms with Gasteiger partial charge in [0, 0.05) is 0 Å². The molecule has 0 atom stereocenters. The zero-order valence-electron chi connectivity index (χ0n) is 8.32. The van der Waals surface area contributed by atoms with E-state index in [2.05, 4.69) is 9.72 Å². The predicted molar refractivity (Wildman–Crippen MR) is 52.2 cm³/mol. The molecule has 17 heavy (non-hydrogen) atoms. The summed E-state index contributed by atoms with van der Waals surface area (Å²) in [6.07, 6.45) is -2.55. The van der Waals surface area contributed by atoms with E-state index in [0.717, 1.165) is 7.11 Å². The molecule has 0 radical (unpaired) electrons. The zero-order chi connectivity index (χ0) is 13.2. The highest BCUT2D eigenvalue weighted by Gasteiger charge is 2.32. The molecule has 0 aliphatic rings. The number of halogens is 3. The van der Waals surface area contributed by atoms with Crippen molar-refractivity contribution in [2.24, 2.45) is 0 Å². The highest BCUT2D eigenvalue weighted by Crippen LogP contribution is 2.34. The Labute approximate surface area is 98.3 Å². The highest BCUT2D eigenvalue weighted by atomic mass is 35.5. The lowest BCUT2D eigenvalue weighted by atomic mass is 10.1. The van der Waals surface area contributed by atoms with Crippen molar-refractivity contribution >= 4 is 23.3 Å². The number of pyridine rings is 1. The first-order valence-corrected chi connectivity index (χ1v) is 4.47. The van der Waals surface area contributed by atoms with Crippen molar-refractivity contribution in [2.45, 2.75) is 6.43 Å². The van der Waals surface area contributed by atoms with Crippen molar-refractivity contribution < 1.29 is 23.2 Å². The van der Waals surface area contributed by atoms with E-state index < -0.39 is 39.3 Å². The van der Waals surface area contributed by atoms with Crippen LogP contribution in [0.1, 0.15) is 22.3 Å². The van der Waals surface area contributed by atoms with Gasteiger partial charge in [-0.3, -0.25) is 10.1 Å². The lowest BCUT2D eigenvalue weighted by Gasteiger charge is -2.08. The Hall–Kier alpha value is -1.83. The Morgan fingerprint density at radius 3 is 2.65 bits per heavy atom. The minimum Gasteiger partial charge on any atom is -0.465 e. The maximum Gasteiger partial charge on any atom is 0.345 e. The van der Waals surface area contributed by atoms with Crippen LogP contribution in [0.15, 0.2) is 6.20 Å². The van der Waals surface area contributed by atoms with Crippen molar-refractivity contribution in [3.63, 3.8) is 0 Å². The number of esters is 1. The molecule has 0 saturated carbocycles. The molecular weight excluding hydrogens is 262 g/mol. The molecule has 0 N–H and O–H groups in total. The van der Waals surface area contributed by atoms with Crippen LogP contribution in [0.2, 0.25) is 5.15 Å². The van der Waals surface area contributed by atoms with Gasteiger partial charge in [0.05, 0.1) is 17.6 Å². The summed E-state index contributed by atoms with van der Waals surface area (Å²) in [4.78, 5) is 24.1. The van der Waals surface area contributed by atoms with E-state index in [1.165, 1.54) is 0 Å². The maximum atomic E-state index is 12.7. The Bertz CT molecular complexity index is 481. The topological polar surface area (TPSA) is 82.3 Å². The second-order valence-corrected chi connectivity index (χ2v) is 3.13. The molecule has 6 nitrogen and oxygen atoms in total. The van der Waals surface area contributed by atoms with Crippen molar-refractivity contribution in [3.8, 4) is 0 Å². The third-order valence-corrected chi connectivity index (χ3v) is 2.15. The van der Waals surface area contributed by atoms with E-state index in [4.69, 9.17) is 11.6 Å². The summed E-state index contributed by atoms with van der Waals surface area (Å²) < 4.78 is 29.6. The number of nitro groups is 1. The number of hydrogen-bond donors (Lipinski definition) is 0. The number of nitrogens with zero attached hydrogens (tertiary/aromatic N) is 2. The fourth-order valence-corrected chi connectivity index (χ4v) is 1.37. The van der Waals surface area contributed by atoms with Gasteiger partial charge in [0.25, 0.3) is 6.43 Å². The summed E-state index contributed by atoms with van der Waals surface area (Å²) in [5, 5.41) is 9.92. The molecule has 0 aromatic carbocycles. The number of rotatable bonds is 3. The van der Waals surface area contributed by atoms with E-state index in [1.54, 1.807) is 0 Å². The van der Waals surface area contributed by atoms with E-state index in [-0.39, 0.29) is 0 Å². The van der Waals surface area contributed by atoms with Crippen LogP contribution >= 0.6 is 11.6 Å². The lowest BCUT2D eigenvalue weighted by Crippen LogP contribution is -2.11. The second kappa shape index (κ2) is 5.00. The molecule has 0 saturated heterocycles. The summed E-state index contributed by atoms with van der Waals surface area (Å²) in [6, 6.07) is 0. The van der Waals surface area contributed by atoms with Crippen LogP contribution < -0.4 is 0 Å². The van der Waals surface area contributed by atoms with Crippen molar-refractivity contribution in [1.82, 2.24) is 4.98 Å². The number of alkyl halides is 2. The average Bonchev–Trinajstić information content (AvgIpc) is 2.26. The lowest BCUT2D eigenvalue weighted by molar-refractivity contribution is -0.385. The van der Waals surface area contributed by atoms with Crippen LogP contribution in [0.5, 0.6) is 0 Å². The van der Waals surface area contributed by atoms with Crippen molar-refractivity contribution in [1.29, 1.82) is 0 Å². The maximum absolute atomic E-state index is 12.7. The van der Waals surface area contributed by atoms with Crippen LogP contribution in [0.25, 0.3) is 0 Å². The fraction of sp³-hybridized carbons (Fsp3) is 0.250. The van der Waals surface area contributed by atoms with Gasteiger partial charge in [-0.1, -0.05) is 11.6 Å². The number of methoxy groups -OCH3 is 1. The first-order valence-electron chi connectivity index (χ1n) is 4.09. The van der Waals surface area contributed by atoms with Crippen LogP contribution in [0.3, 0.4) is 0 Å². The fourth-order valence-electron chi connectivity index (χ4n) is 1.15. The Morgan fingerprint density at radius 1 is 1.65 bits per heavy atom. The van der Waals surface area contributed by atoms with Crippen LogP contribution in [-0.2, 0) is 4.74 Å². The number of aromatic nitrogens is 1. The first-order chi connectivity index (χ1) is 7.90. The third-order valence-electron chi connectivity index (χ3n) is 1.85. The SMILES string of the molecule is COC(=O)c1c([N+](=O)[O-])cnc(Cl)c1C(F)F. The van der Waals surface area contributed by atoms with Crippen molar-refractivity contribution in [3.05, 3.63) is 32.6 Å². The van der Waals surface area contributed by atoms with Gasteiger partial charge in [-0.25, -0.2) is 18.6 Å². The molecule has 0 unspecified atom stereocenters. The minimum absolute atomic E-state index is 0.625. The van der Waals surface area contributed by atoms with E-state index in [9.17, 15) is 23.7 Å². The number of hydrogen-bond acceptors (Lipinski definition) is 5. The normalized spacial score (nSPS) is 10.4. The van der Waals surface area contributed by atoms with Crippen molar-refractivity contribution in [2.75, 3.05) is 7.11 Å². The first kappa shape index (κ1) is 13.2.